The van der Waals surface area contributed by atoms with Crippen LogP contribution >= 0.6 is 22.9 Å². The Morgan fingerprint density at radius 3 is 2.50 bits per heavy atom. The number of carbonyl (C=O) groups is 1. The molecule has 1 fully saturated rings. The van der Waals surface area contributed by atoms with Crippen molar-refractivity contribution in [1.82, 2.24) is 9.05 Å². The van der Waals surface area contributed by atoms with Crippen molar-refractivity contribution in [2.24, 2.45) is 12.0 Å². The minimum absolute atomic E-state index is 0.0184. The van der Waals surface area contributed by atoms with Crippen LogP contribution in [0.4, 0.5) is 5.82 Å². The van der Waals surface area contributed by atoms with E-state index in [9.17, 15) is 13.2 Å². The molecule has 2 aromatic carbocycles. The Kier molecular flexibility index (Phi) is 6.58. The highest BCUT2D eigenvalue weighted by Crippen LogP contribution is 2.31. The van der Waals surface area contributed by atoms with Gasteiger partial charge < -0.3 is 0 Å². The Morgan fingerprint density at radius 2 is 1.81 bits per heavy atom. The van der Waals surface area contributed by atoms with Crippen molar-refractivity contribution in [1.29, 1.82) is 0 Å². The van der Waals surface area contributed by atoms with Crippen LogP contribution in [-0.2, 0) is 21.7 Å². The maximum atomic E-state index is 13.6. The number of piperidine rings is 1. The quantitative estimate of drug-likeness (QED) is 0.498. The summed E-state index contributed by atoms with van der Waals surface area (Å²) in [6.45, 7) is 1.40. The Hall–Kier alpha value is -2.00. The largest absolute Gasteiger partial charge is 0.321 e. The van der Waals surface area contributed by atoms with Crippen molar-refractivity contribution < 1.29 is 13.2 Å². The standard InChI is InChI=1S/C23H27ClN3O3S2/c1-25-23-26(2)21(16-31-23)27(11-4-3-5-12-27)22(28)10-13-32(29,30)20-9-7-17-14-19(24)8-6-18(17)15-20/h6-9,14-16H,3-5,10-13H2,1-2H3/q+1/b25-23-. The number of benzene rings is 2. The molecule has 0 aliphatic carbocycles. The molecule has 0 spiro atoms. The summed E-state index contributed by atoms with van der Waals surface area (Å²) in [6.07, 6.45) is 2.96. The van der Waals surface area contributed by atoms with Gasteiger partial charge in [-0.2, -0.15) is 0 Å². The lowest BCUT2D eigenvalue weighted by Gasteiger charge is -2.38. The number of thiazole rings is 1. The highest BCUT2D eigenvalue weighted by molar-refractivity contribution is 7.91. The second-order valence-corrected chi connectivity index (χ2v) is 11.6. The van der Waals surface area contributed by atoms with Gasteiger partial charge in [0.2, 0.25) is 5.82 Å². The van der Waals surface area contributed by atoms with Crippen molar-refractivity contribution >= 4 is 55.3 Å². The predicted molar refractivity (Wildman–Crippen MR) is 131 cm³/mol. The van der Waals surface area contributed by atoms with E-state index in [-0.39, 0.29) is 27.5 Å². The maximum Gasteiger partial charge on any atom is 0.321 e. The molecule has 0 radical (unpaired) electrons. The summed E-state index contributed by atoms with van der Waals surface area (Å²) in [5.74, 6) is 0.654. The molecule has 9 heteroatoms. The first kappa shape index (κ1) is 23.2. The minimum atomic E-state index is -3.60. The number of fused-ring (bicyclic) bond motifs is 1. The van der Waals surface area contributed by atoms with Crippen LogP contribution in [0.25, 0.3) is 10.8 Å². The number of rotatable bonds is 5. The summed E-state index contributed by atoms with van der Waals surface area (Å²) in [6, 6.07) is 10.4. The smallest absolute Gasteiger partial charge is 0.275 e. The number of likely N-dealkylation sites (tertiary alicyclic amines) is 1. The van der Waals surface area contributed by atoms with E-state index in [4.69, 9.17) is 11.6 Å². The number of carbonyl (C=O) groups excluding carboxylic acids is 1. The SMILES string of the molecule is C/N=c1\scc([N+]2(C(=O)CCS(=O)(=O)c3ccc4cc(Cl)ccc4c3)CCCCC2)n1C. The first-order valence-corrected chi connectivity index (χ1v) is 13.6. The second kappa shape index (κ2) is 9.09. The lowest BCUT2D eigenvalue weighted by molar-refractivity contribution is -0.131. The third-order valence-electron chi connectivity index (χ3n) is 6.30. The number of nitrogens with zero attached hydrogens (tertiary/aromatic N) is 3. The summed E-state index contributed by atoms with van der Waals surface area (Å²) in [4.78, 5) is 18.9. The van der Waals surface area contributed by atoms with Gasteiger partial charge in [-0.3, -0.25) is 9.56 Å². The zero-order valence-electron chi connectivity index (χ0n) is 18.3. The third-order valence-corrected chi connectivity index (χ3v) is 9.25. The lowest BCUT2D eigenvalue weighted by atomic mass is 10.1. The van der Waals surface area contributed by atoms with E-state index in [1.165, 1.54) is 11.3 Å². The Labute approximate surface area is 197 Å². The molecule has 32 heavy (non-hydrogen) atoms. The lowest BCUT2D eigenvalue weighted by Crippen LogP contribution is -2.58. The summed E-state index contributed by atoms with van der Waals surface area (Å²) in [5.41, 5.74) is 0. The van der Waals surface area contributed by atoms with Gasteiger partial charge >= 0.3 is 5.91 Å². The summed E-state index contributed by atoms with van der Waals surface area (Å²) in [7, 11) is 0.0622. The highest BCUT2D eigenvalue weighted by Gasteiger charge is 2.43. The molecule has 1 aromatic heterocycles. The van der Waals surface area contributed by atoms with Gasteiger partial charge in [0.05, 0.1) is 35.5 Å². The molecule has 1 aliphatic heterocycles. The van der Waals surface area contributed by atoms with E-state index >= 15 is 0 Å². The van der Waals surface area contributed by atoms with Crippen LogP contribution in [0.1, 0.15) is 25.7 Å². The van der Waals surface area contributed by atoms with Crippen LogP contribution < -0.4 is 9.28 Å². The fourth-order valence-electron chi connectivity index (χ4n) is 4.55. The zero-order valence-corrected chi connectivity index (χ0v) is 20.6. The van der Waals surface area contributed by atoms with Crippen molar-refractivity contribution in [2.75, 3.05) is 25.9 Å². The molecule has 170 valence electrons. The Balaban J connectivity index is 1.60. The predicted octanol–water partition coefficient (Wildman–Crippen LogP) is 4.31. The molecule has 0 unspecified atom stereocenters. The zero-order chi connectivity index (χ0) is 22.9. The molecule has 2 heterocycles. The number of sulfone groups is 1. The first-order valence-electron chi connectivity index (χ1n) is 10.7. The molecule has 0 atom stereocenters. The highest BCUT2D eigenvalue weighted by atomic mass is 35.5. The average molecular weight is 493 g/mol. The van der Waals surface area contributed by atoms with Gasteiger partial charge in [0.1, 0.15) is 0 Å². The van der Waals surface area contributed by atoms with E-state index < -0.39 is 9.84 Å². The van der Waals surface area contributed by atoms with E-state index in [1.807, 2.05) is 23.1 Å². The van der Waals surface area contributed by atoms with Gasteiger partial charge in [0, 0.05) is 19.1 Å². The van der Waals surface area contributed by atoms with Gasteiger partial charge in [0.25, 0.3) is 0 Å². The second-order valence-electron chi connectivity index (χ2n) is 8.25. The van der Waals surface area contributed by atoms with Crippen molar-refractivity contribution in [3.8, 4) is 0 Å². The summed E-state index contributed by atoms with van der Waals surface area (Å²) >= 11 is 7.54. The monoisotopic (exact) mass is 492 g/mol. The molecule has 1 aliphatic rings. The average Bonchev–Trinajstić information content (AvgIpc) is 3.18. The fourth-order valence-corrected chi connectivity index (χ4v) is 6.92. The van der Waals surface area contributed by atoms with Gasteiger partial charge in [-0.15, -0.1) is 0 Å². The Morgan fingerprint density at radius 1 is 1.12 bits per heavy atom. The molecule has 0 saturated carbocycles. The number of amides is 1. The van der Waals surface area contributed by atoms with Gasteiger partial charge in [-0.1, -0.05) is 35.1 Å². The molecule has 6 nitrogen and oxygen atoms in total. The maximum absolute atomic E-state index is 13.6. The van der Waals surface area contributed by atoms with Crippen LogP contribution in [0.15, 0.2) is 51.7 Å². The number of hydrogen-bond donors (Lipinski definition) is 0. The van der Waals surface area contributed by atoms with Crippen LogP contribution in [-0.4, -0.2) is 44.8 Å². The van der Waals surface area contributed by atoms with Crippen molar-refractivity contribution in [3.05, 3.63) is 51.6 Å². The molecule has 1 amide bonds. The Bertz CT molecular complexity index is 1340. The van der Waals surface area contributed by atoms with Gasteiger partial charge in [0.15, 0.2) is 14.6 Å². The molecule has 3 aromatic rings. The molecular weight excluding hydrogens is 466 g/mol. The summed E-state index contributed by atoms with van der Waals surface area (Å²) < 4.78 is 28.3. The van der Waals surface area contributed by atoms with Crippen LogP contribution in [0, 0.1) is 0 Å². The molecule has 0 bridgehead atoms. The van der Waals surface area contributed by atoms with Crippen molar-refractivity contribution in [3.63, 3.8) is 0 Å². The molecule has 4 rings (SSSR count). The van der Waals surface area contributed by atoms with Crippen LogP contribution in [0.5, 0.6) is 0 Å². The summed E-state index contributed by atoms with van der Waals surface area (Å²) in [5, 5.41) is 4.29. The number of halogens is 1. The third kappa shape index (κ3) is 4.29. The molecular formula is C23H27ClN3O3S2+. The topological polar surface area (TPSA) is 68.5 Å². The van der Waals surface area contributed by atoms with Crippen LogP contribution in [0.3, 0.4) is 0 Å². The molecule has 1 saturated heterocycles. The van der Waals surface area contributed by atoms with E-state index in [0.29, 0.717) is 18.1 Å². The van der Waals surface area contributed by atoms with E-state index in [2.05, 4.69) is 4.99 Å². The molecule has 0 N–H and O–H groups in total. The van der Waals surface area contributed by atoms with E-state index in [1.54, 1.807) is 37.4 Å². The van der Waals surface area contributed by atoms with Gasteiger partial charge in [-0.25, -0.2) is 17.7 Å². The van der Waals surface area contributed by atoms with Crippen LogP contribution in [0.2, 0.25) is 5.02 Å². The minimum Gasteiger partial charge on any atom is -0.275 e. The van der Waals surface area contributed by atoms with E-state index in [0.717, 1.165) is 40.7 Å². The first-order chi connectivity index (χ1) is 15.3. The van der Waals surface area contributed by atoms with Gasteiger partial charge in [-0.05, 0) is 54.3 Å². The number of aromatic nitrogens is 1. The van der Waals surface area contributed by atoms with Crippen molar-refractivity contribution in [2.45, 2.75) is 30.6 Å². The number of hydrogen-bond acceptors (Lipinski definition) is 5. The normalized spacial score (nSPS) is 17.0. The fraction of sp³-hybridized carbons (Fsp3) is 0.391. The number of quaternary nitrogens is 1.